The summed E-state index contributed by atoms with van der Waals surface area (Å²) < 4.78 is 28.6. The summed E-state index contributed by atoms with van der Waals surface area (Å²) in [5.74, 6) is -3.24. The fourth-order valence-electron chi connectivity index (χ4n) is 3.22. The second kappa shape index (κ2) is 9.46. The van der Waals surface area contributed by atoms with Gasteiger partial charge in [-0.05, 0) is 24.1 Å². The lowest BCUT2D eigenvalue weighted by Gasteiger charge is -2.24. The number of carbonyl (C=O) groups excluding carboxylic acids is 3. The Morgan fingerprint density at radius 1 is 1.12 bits per heavy atom. The lowest BCUT2D eigenvalue weighted by atomic mass is 10.1. The van der Waals surface area contributed by atoms with Gasteiger partial charge in [0, 0.05) is 18.4 Å². The van der Waals surface area contributed by atoms with Crippen molar-refractivity contribution in [1.82, 2.24) is 4.90 Å². The highest BCUT2D eigenvalue weighted by molar-refractivity contribution is 7.90. The van der Waals surface area contributed by atoms with Crippen LogP contribution in [0.25, 0.3) is 0 Å². The number of esters is 1. The summed E-state index contributed by atoms with van der Waals surface area (Å²) in [4.78, 5) is 49.6. The van der Waals surface area contributed by atoms with Crippen LogP contribution in [0.1, 0.15) is 32.7 Å². The van der Waals surface area contributed by atoms with Gasteiger partial charge in [-0.2, -0.15) is 0 Å². The van der Waals surface area contributed by atoms with E-state index in [1.165, 1.54) is 36.4 Å². The number of nitro groups is 1. The van der Waals surface area contributed by atoms with Crippen LogP contribution in [0.4, 0.5) is 5.69 Å². The number of rotatable bonds is 8. The van der Waals surface area contributed by atoms with Gasteiger partial charge in [0.2, 0.25) is 0 Å². The summed E-state index contributed by atoms with van der Waals surface area (Å²) in [7, 11) is -3.55. The number of non-ortho nitro benzene ring substituents is 1. The largest absolute Gasteiger partial charge is 0.459 e. The highest BCUT2D eigenvalue weighted by atomic mass is 35.5. The molecule has 2 aromatic rings. The molecule has 1 unspecified atom stereocenters. The van der Waals surface area contributed by atoms with Crippen LogP contribution in [0.5, 0.6) is 0 Å². The summed E-state index contributed by atoms with van der Waals surface area (Å²) in [5, 5.41) is 11.0. The Bertz CT molecular complexity index is 1240. The number of ether oxygens (including phenoxy) is 1. The zero-order valence-electron chi connectivity index (χ0n) is 17.0. The highest BCUT2D eigenvalue weighted by Crippen LogP contribution is 2.33. The molecule has 0 aliphatic carbocycles. The minimum absolute atomic E-state index is 0.0272. The molecule has 0 fully saturated rings. The van der Waals surface area contributed by atoms with E-state index in [1.54, 1.807) is 0 Å². The van der Waals surface area contributed by atoms with Crippen molar-refractivity contribution in [1.29, 1.82) is 0 Å². The molecular formula is C20H16Cl2N2O8S. The molecule has 2 amide bonds. The molecule has 0 bridgehead atoms. The molecule has 1 atom stereocenters. The van der Waals surface area contributed by atoms with E-state index in [9.17, 15) is 32.9 Å². The molecule has 0 radical (unpaired) electrons. The predicted octanol–water partition coefficient (Wildman–Crippen LogP) is 3.04. The lowest BCUT2D eigenvalue weighted by Crippen LogP contribution is -2.46. The van der Waals surface area contributed by atoms with Crippen LogP contribution < -0.4 is 0 Å². The Morgan fingerprint density at radius 2 is 1.70 bits per heavy atom. The molecule has 1 aliphatic heterocycles. The van der Waals surface area contributed by atoms with Gasteiger partial charge in [-0.1, -0.05) is 35.3 Å². The van der Waals surface area contributed by atoms with Gasteiger partial charge in [0.1, 0.15) is 22.5 Å². The van der Waals surface area contributed by atoms with Crippen molar-refractivity contribution in [3.8, 4) is 0 Å². The molecule has 174 valence electrons. The van der Waals surface area contributed by atoms with E-state index in [0.717, 1.165) is 6.26 Å². The van der Waals surface area contributed by atoms with Crippen molar-refractivity contribution in [2.45, 2.75) is 19.1 Å². The molecule has 0 N–H and O–H groups in total. The number of hydrogen-bond donors (Lipinski definition) is 0. The molecule has 10 nitrogen and oxygen atoms in total. The van der Waals surface area contributed by atoms with Gasteiger partial charge in [-0.15, -0.1) is 0 Å². The van der Waals surface area contributed by atoms with Crippen LogP contribution in [0.3, 0.4) is 0 Å². The van der Waals surface area contributed by atoms with Crippen molar-refractivity contribution in [2.24, 2.45) is 0 Å². The molecule has 0 saturated heterocycles. The number of sulfone groups is 1. The smallest absolute Gasteiger partial charge is 0.329 e. The Hall–Kier alpha value is -3.02. The van der Waals surface area contributed by atoms with E-state index in [4.69, 9.17) is 27.9 Å². The summed E-state index contributed by atoms with van der Waals surface area (Å²) in [6, 6.07) is 6.18. The number of amides is 2. The Balaban J connectivity index is 1.88. The third-order valence-electron chi connectivity index (χ3n) is 4.81. The number of hydrogen-bond acceptors (Lipinski definition) is 8. The molecule has 0 aromatic heterocycles. The van der Waals surface area contributed by atoms with Gasteiger partial charge >= 0.3 is 5.97 Å². The standard InChI is InChI=1S/C20H16Cl2N2O8S/c1-33(30,31)6-5-17(20(27)32-10-11-3-2-4-12(7-11)24(28)29)23-18(25)13-8-15(21)16(22)9-14(13)19(23)26/h2-4,7-9,17H,5-6,10H2,1H3. The highest BCUT2D eigenvalue weighted by Gasteiger charge is 2.44. The van der Waals surface area contributed by atoms with Gasteiger partial charge in [0.05, 0.1) is 31.8 Å². The van der Waals surface area contributed by atoms with Crippen molar-refractivity contribution in [2.75, 3.05) is 12.0 Å². The van der Waals surface area contributed by atoms with E-state index in [-0.39, 0.29) is 26.9 Å². The van der Waals surface area contributed by atoms with Crippen molar-refractivity contribution in [3.63, 3.8) is 0 Å². The number of halogens is 2. The van der Waals surface area contributed by atoms with Gasteiger partial charge in [-0.25, -0.2) is 13.2 Å². The lowest BCUT2D eigenvalue weighted by molar-refractivity contribution is -0.384. The van der Waals surface area contributed by atoms with E-state index < -0.39 is 57.4 Å². The monoisotopic (exact) mass is 514 g/mol. The first-order valence-corrected chi connectivity index (χ1v) is 12.2. The van der Waals surface area contributed by atoms with E-state index in [2.05, 4.69) is 0 Å². The number of benzene rings is 2. The Labute approximate surface area is 198 Å². The van der Waals surface area contributed by atoms with Crippen LogP contribution in [-0.4, -0.2) is 54.1 Å². The number of nitro benzene ring substituents is 1. The molecule has 13 heteroatoms. The molecule has 2 aromatic carbocycles. The maximum Gasteiger partial charge on any atom is 0.329 e. The third kappa shape index (κ3) is 5.49. The Morgan fingerprint density at radius 3 is 2.21 bits per heavy atom. The van der Waals surface area contributed by atoms with Crippen LogP contribution in [0, 0.1) is 10.1 Å². The fraction of sp³-hybridized carbons (Fsp3) is 0.250. The second-order valence-electron chi connectivity index (χ2n) is 7.26. The molecule has 33 heavy (non-hydrogen) atoms. The molecule has 1 heterocycles. The second-order valence-corrected chi connectivity index (χ2v) is 10.3. The topological polar surface area (TPSA) is 141 Å². The zero-order chi connectivity index (χ0) is 24.5. The summed E-state index contributed by atoms with van der Waals surface area (Å²) in [5.41, 5.74) is -0.0814. The Kier molecular flexibility index (Phi) is 7.06. The summed E-state index contributed by atoms with van der Waals surface area (Å²) in [6.07, 6.45) is 0.542. The third-order valence-corrected chi connectivity index (χ3v) is 6.51. The van der Waals surface area contributed by atoms with Gasteiger partial charge in [-0.3, -0.25) is 24.6 Å². The molecule has 3 rings (SSSR count). The van der Waals surface area contributed by atoms with E-state index >= 15 is 0 Å². The number of fused-ring (bicyclic) bond motifs is 1. The molecule has 0 saturated carbocycles. The SMILES string of the molecule is CS(=O)(=O)CCC(C(=O)OCc1cccc([N+](=O)[O-])c1)N1C(=O)c2cc(Cl)c(Cl)cc2C1=O. The number of nitrogens with zero attached hydrogens (tertiary/aromatic N) is 2. The van der Waals surface area contributed by atoms with Gasteiger partial charge < -0.3 is 4.74 Å². The summed E-state index contributed by atoms with van der Waals surface area (Å²) in [6.45, 7) is -0.392. The van der Waals surface area contributed by atoms with E-state index in [1.807, 2.05) is 0 Å². The molecule has 1 aliphatic rings. The van der Waals surface area contributed by atoms with E-state index in [0.29, 0.717) is 10.5 Å². The number of carbonyl (C=O) groups is 3. The van der Waals surface area contributed by atoms with Crippen LogP contribution >= 0.6 is 23.2 Å². The average molecular weight is 515 g/mol. The minimum Gasteiger partial charge on any atom is -0.459 e. The van der Waals surface area contributed by atoms with Gasteiger partial charge in [0.15, 0.2) is 0 Å². The first-order chi connectivity index (χ1) is 15.4. The van der Waals surface area contributed by atoms with Crippen LogP contribution in [-0.2, 0) is 26.0 Å². The number of imide groups is 1. The van der Waals surface area contributed by atoms with Crippen molar-refractivity contribution >= 4 is 56.5 Å². The quantitative estimate of drug-likeness (QED) is 0.226. The maximum absolute atomic E-state index is 12.9. The zero-order valence-corrected chi connectivity index (χ0v) is 19.3. The van der Waals surface area contributed by atoms with Crippen LogP contribution in [0.15, 0.2) is 36.4 Å². The summed E-state index contributed by atoms with van der Waals surface area (Å²) >= 11 is 11.9. The first kappa shape index (κ1) is 24.6. The van der Waals surface area contributed by atoms with Crippen LogP contribution in [0.2, 0.25) is 10.0 Å². The van der Waals surface area contributed by atoms with Crippen molar-refractivity contribution < 1.29 is 32.5 Å². The molecular weight excluding hydrogens is 499 g/mol. The molecule has 0 spiro atoms. The average Bonchev–Trinajstić information content (AvgIpc) is 2.96. The fourth-order valence-corrected chi connectivity index (χ4v) is 4.20. The first-order valence-electron chi connectivity index (χ1n) is 9.33. The normalized spacial score (nSPS) is 14.2. The van der Waals surface area contributed by atoms with Crippen molar-refractivity contribution in [3.05, 3.63) is 73.2 Å². The minimum atomic E-state index is -3.55. The van der Waals surface area contributed by atoms with Gasteiger partial charge in [0.25, 0.3) is 17.5 Å². The predicted molar refractivity (Wildman–Crippen MR) is 118 cm³/mol. The maximum atomic E-state index is 12.9.